The van der Waals surface area contributed by atoms with Crippen molar-refractivity contribution >= 4 is 0 Å². The number of rotatable bonds is 3. The van der Waals surface area contributed by atoms with Crippen molar-refractivity contribution in [1.82, 2.24) is 4.98 Å². The highest BCUT2D eigenvalue weighted by atomic mass is 16.5. The summed E-state index contributed by atoms with van der Waals surface area (Å²) in [4.78, 5) is 4.00. The van der Waals surface area contributed by atoms with Gasteiger partial charge in [-0.25, -0.2) is 4.98 Å². The molecule has 0 amide bonds. The molecule has 0 fully saturated rings. The fourth-order valence-electron chi connectivity index (χ4n) is 1.08. The topological polar surface area (TPSA) is 22.1 Å². The van der Waals surface area contributed by atoms with Crippen molar-refractivity contribution < 1.29 is 6.11 Å². The molecular weight excluding hydrogens is 174 g/mol. The fourth-order valence-corrected chi connectivity index (χ4v) is 1.08. The average molecular weight is 186 g/mol. The Morgan fingerprint density at radius 1 is 1.07 bits per heavy atom. The Balaban J connectivity index is 2.08. The number of aromatic nitrogens is 1. The molecule has 2 aromatic rings. The molecule has 0 aliphatic heterocycles. The predicted molar refractivity (Wildman–Crippen MR) is 55.0 cm³/mol. The van der Waals surface area contributed by atoms with Gasteiger partial charge in [-0.3, -0.25) is 0 Å². The van der Waals surface area contributed by atoms with Crippen LogP contribution in [0.15, 0.2) is 54.7 Å². The highest BCUT2D eigenvalue weighted by molar-refractivity contribution is 5.15. The SMILES string of the molecule is [2H][C@@H](Oc1ccccn1)c1ccccc1. The van der Waals surface area contributed by atoms with E-state index >= 15 is 0 Å². The standard InChI is InChI=1S/C12H11NO/c1-2-6-11(7-3-1)10-14-12-8-4-5-9-13-12/h1-9H,10H2/i10D/t10-/m1/s1. The second-order valence-electron chi connectivity index (χ2n) is 2.81. The Kier molecular flexibility index (Phi) is 2.39. The van der Waals surface area contributed by atoms with Crippen molar-refractivity contribution in [1.29, 1.82) is 0 Å². The van der Waals surface area contributed by atoms with E-state index in [1.54, 1.807) is 12.3 Å². The van der Waals surface area contributed by atoms with Crippen LogP contribution < -0.4 is 4.74 Å². The lowest BCUT2D eigenvalue weighted by atomic mass is 10.2. The van der Waals surface area contributed by atoms with Crippen molar-refractivity contribution in [2.75, 3.05) is 0 Å². The molecule has 0 aliphatic rings. The maximum Gasteiger partial charge on any atom is 0.213 e. The van der Waals surface area contributed by atoms with Crippen LogP contribution in [-0.4, -0.2) is 4.98 Å². The first-order chi connectivity index (χ1) is 7.36. The molecule has 1 aromatic heterocycles. The molecule has 2 nitrogen and oxygen atoms in total. The molecule has 70 valence electrons. The number of nitrogens with zero attached hydrogens (tertiary/aromatic N) is 1. The second-order valence-corrected chi connectivity index (χ2v) is 2.81. The van der Waals surface area contributed by atoms with E-state index in [0.29, 0.717) is 5.88 Å². The van der Waals surface area contributed by atoms with Crippen LogP contribution in [0.5, 0.6) is 5.88 Å². The third-order valence-electron chi connectivity index (χ3n) is 1.75. The van der Waals surface area contributed by atoms with E-state index in [4.69, 9.17) is 6.11 Å². The van der Waals surface area contributed by atoms with E-state index in [1.807, 2.05) is 42.5 Å². The maximum atomic E-state index is 7.79. The summed E-state index contributed by atoms with van der Waals surface area (Å²) in [6.45, 7) is -0.721. The van der Waals surface area contributed by atoms with Crippen molar-refractivity contribution in [3.05, 3.63) is 60.3 Å². The minimum Gasteiger partial charge on any atom is -0.473 e. The van der Waals surface area contributed by atoms with Crippen molar-refractivity contribution in [3.8, 4) is 5.88 Å². The van der Waals surface area contributed by atoms with Crippen LogP contribution in [0.3, 0.4) is 0 Å². The van der Waals surface area contributed by atoms with Crippen LogP contribution >= 0.6 is 0 Å². The summed E-state index contributed by atoms with van der Waals surface area (Å²) < 4.78 is 13.1. The van der Waals surface area contributed by atoms with Gasteiger partial charge in [0, 0.05) is 12.3 Å². The molecule has 0 N–H and O–H groups in total. The van der Waals surface area contributed by atoms with Crippen LogP contribution in [0.2, 0.25) is 0 Å². The second kappa shape index (κ2) is 4.42. The normalized spacial score (nSPS) is 13.0. The molecule has 0 aliphatic carbocycles. The molecule has 0 saturated heterocycles. The van der Waals surface area contributed by atoms with Gasteiger partial charge < -0.3 is 4.74 Å². The van der Waals surface area contributed by atoms with Crippen LogP contribution in [0, 0.1) is 0 Å². The van der Waals surface area contributed by atoms with Gasteiger partial charge in [-0.2, -0.15) is 0 Å². The van der Waals surface area contributed by atoms with Crippen LogP contribution in [0.4, 0.5) is 0 Å². The summed E-state index contributed by atoms with van der Waals surface area (Å²) in [5, 5.41) is 0. The first kappa shape index (κ1) is 7.56. The van der Waals surface area contributed by atoms with Crippen LogP contribution in [0.25, 0.3) is 0 Å². The van der Waals surface area contributed by atoms with E-state index in [1.165, 1.54) is 0 Å². The Hall–Kier alpha value is -1.83. The summed E-state index contributed by atoms with van der Waals surface area (Å²) in [5.74, 6) is 0.473. The molecule has 1 heterocycles. The van der Waals surface area contributed by atoms with Gasteiger partial charge in [-0.1, -0.05) is 36.4 Å². The number of benzene rings is 1. The molecule has 2 rings (SSSR count). The van der Waals surface area contributed by atoms with E-state index in [9.17, 15) is 0 Å². The van der Waals surface area contributed by atoms with Crippen molar-refractivity contribution in [2.45, 2.75) is 6.58 Å². The summed E-state index contributed by atoms with van der Waals surface area (Å²) in [6.07, 6.45) is 1.65. The van der Waals surface area contributed by atoms with Crippen LogP contribution in [0.1, 0.15) is 6.93 Å². The quantitative estimate of drug-likeness (QED) is 0.735. The minimum atomic E-state index is -0.721. The summed E-state index contributed by atoms with van der Waals surface area (Å²) in [5.41, 5.74) is 0.822. The fraction of sp³-hybridized carbons (Fsp3) is 0.0833. The molecule has 0 saturated carbocycles. The van der Waals surface area contributed by atoms with Gasteiger partial charge in [0.15, 0.2) is 0 Å². The minimum absolute atomic E-state index is 0.473. The smallest absolute Gasteiger partial charge is 0.213 e. The van der Waals surface area contributed by atoms with Gasteiger partial charge >= 0.3 is 0 Å². The van der Waals surface area contributed by atoms with Gasteiger partial charge in [0.05, 0.1) is 1.37 Å². The molecule has 1 atom stereocenters. The van der Waals surface area contributed by atoms with Gasteiger partial charge in [0.2, 0.25) is 5.88 Å². The molecule has 0 radical (unpaired) electrons. The maximum absolute atomic E-state index is 7.79. The number of pyridine rings is 1. The molecule has 0 bridgehead atoms. The summed E-state index contributed by atoms with van der Waals surface area (Å²) >= 11 is 0. The Bertz CT molecular complexity index is 404. The number of hydrogen-bond donors (Lipinski definition) is 0. The van der Waals surface area contributed by atoms with Gasteiger partial charge in [0.1, 0.15) is 6.58 Å². The summed E-state index contributed by atoms with van der Waals surface area (Å²) in [7, 11) is 0. The monoisotopic (exact) mass is 186 g/mol. The highest BCUT2D eigenvalue weighted by Crippen LogP contribution is 2.07. The van der Waals surface area contributed by atoms with E-state index in [-0.39, 0.29) is 0 Å². The van der Waals surface area contributed by atoms with Crippen molar-refractivity contribution in [3.63, 3.8) is 0 Å². The van der Waals surface area contributed by atoms with E-state index < -0.39 is 6.58 Å². The molecule has 0 unspecified atom stereocenters. The molecule has 2 heteroatoms. The third kappa shape index (κ3) is 2.33. The zero-order chi connectivity index (χ0) is 10.5. The van der Waals surface area contributed by atoms with Crippen LogP contribution in [-0.2, 0) is 6.58 Å². The number of ether oxygens (including phenoxy) is 1. The summed E-state index contributed by atoms with van der Waals surface area (Å²) in [6, 6.07) is 14.8. The molecule has 14 heavy (non-hydrogen) atoms. The van der Waals surface area contributed by atoms with Gasteiger partial charge in [-0.15, -0.1) is 0 Å². The zero-order valence-corrected chi connectivity index (χ0v) is 7.63. The lowest BCUT2D eigenvalue weighted by Gasteiger charge is -2.03. The van der Waals surface area contributed by atoms with E-state index in [2.05, 4.69) is 4.98 Å². The highest BCUT2D eigenvalue weighted by Gasteiger charge is 1.93. The first-order valence-corrected chi connectivity index (χ1v) is 4.41. The Morgan fingerprint density at radius 3 is 2.57 bits per heavy atom. The van der Waals surface area contributed by atoms with Gasteiger partial charge in [0.25, 0.3) is 0 Å². The first-order valence-electron chi connectivity index (χ1n) is 4.99. The average Bonchev–Trinajstić information content (AvgIpc) is 2.31. The predicted octanol–water partition coefficient (Wildman–Crippen LogP) is 2.66. The molecule has 1 aromatic carbocycles. The Labute approximate surface area is 84.6 Å². The molecular formula is C12H11NO. The van der Waals surface area contributed by atoms with E-state index in [0.717, 1.165) is 5.56 Å². The Morgan fingerprint density at radius 2 is 1.86 bits per heavy atom. The lowest BCUT2D eigenvalue weighted by Crippen LogP contribution is -1.95. The van der Waals surface area contributed by atoms with Crippen molar-refractivity contribution in [2.24, 2.45) is 0 Å². The number of hydrogen-bond acceptors (Lipinski definition) is 2. The zero-order valence-electron chi connectivity index (χ0n) is 8.63. The van der Waals surface area contributed by atoms with Gasteiger partial charge in [-0.05, 0) is 11.6 Å². The third-order valence-corrected chi connectivity index (χ3v) is 1.75. The largest absolute Gasteiger partial charge is 0.473 e. The molecule has 0 spiro atoms. The lowest BCUT2D eigenvalue weighted by molar-refractivity contribution is 0.294.